The van der Waals surface area contributed by atoms with Crippen LogP contribution in [-0.4, -0.2) is 37.6 Å². The fourth-order valence-corrected chi connectivity index (χ4v) is 2.44. The van der Waals surface area contributed by atoms with E-state index < -0.39 is 0 Å². The lowest BCUT2D eigenvalue weighted by Gasteiger charge is -2.17. The summed E-state index contributed by atoms with van der Waals surface area (Å²) in [6.45, 7) is 3.90. The van der Waals surface area contributed by atoms with Crippen molar-refractivity contribution in [3.63, 3.8) is 0 Å². The molecule has 0 aromatic rings. The zero-order chi connectivity index (χ0) is 9.80. The van der Waals surface area contributed by atoms with Gasteiger partial charge in [-0.15, -0.1) is 0 Å². The summed E-state index contributed by atoms with van der Waals surface area (Å²) in [5, 5.41) is 3.56. The van der Waals surface area contributed by atoms with E-state index in [-0.39, 0.29) is 0 Å². The van der Waals surface area contributed by atoms with Crippen LogP contribution in [0, 0.1) is 5.92 Å². The van der Waals surface area contributed by atoms with E-state index in [1.54, 1.807) is 0 Å². The topological polar surface area (TPSA) is 15.3 Å². The Morgan fingerprint density at radius 2 is 2.14 bits per heavy atom. The van der Waals surface area contributed by atoms with Gasteiger partial charge in [0, 0.05) is 12.6 Å². The van der Waals surface area contributed by atoms with Crippen LogP contribution >= 0.6 is 0 Å². The van der Waals surface area contributed by atoms with Crippen LogP contribution in [0.5, 0.6) is 0 Å². The molecule has 1 unspecified atom stereocenters. The summed E-state index contributed by atoms with van der Waals surface area (Å²) >= 11 is 0. The zero-order valence-electron chi connectivity index (χ0n) is 9.47. The number of rotatable bonds is 6. The van der Waals surface area contributed by atoms with Crippen LogP contribution < -0.4 is 5.32 Å². The molecule has 2 fully saturated rings. The first-order valence-corrected chi connectivity index (χ1v) is 6.26. The van der Waals surface area contributed by atoms with Crippen molar-refractivity contribution in [3.8, 4) is 0 Å². The Kier molecular flexibility index (Phi) is 3.82. The number of nitrogens with one attached hydrogen (secondary N) is 1. The molecule has 1 aliphatic heterocycles. The van der Waals surface area contributed by atoms with Crippen molar-refractivity contribution in [3.05, 3.63) is 0 Å². The lowest BCUT2D eigenvalue weighted by Crippen LogP contribution is -2.26. The second-order valence-corrected chi connectivity index (χ2v) is 5.14. The highest BCUT2D eigenvalue weighted by Gasteiger charge is 2.22. The molecule has 1 N–H and O–H groups in total. The minimum atomic E-state index is 0.837. The maximum atomic E-state index is 3.56. The van der Waals surface area contributed by atoms with Gasteiger partial charge in [0.2, 0.25) is 0 Å². The Labute approximate surface area is 88.1 Å². The zero-order valence-corrected chi connectivity index (χ0v) is 9.47. The molecule has 2 nitrogen and oxygen atoms in total. The second kappa shape index (κ2) is 5.13. The highest BCUT2D eigenvalue weighted by atomic mass is 15.1. The van der Waals surface area contributed by atoms with Crippen LogP contribution in [0.25, 0.3) is 0 Å². The number of nitrogens with zero attached hydrogens (tertiary/aromatic N) is 1. The van der Waals surface area contributed by atoms with Crippen molar-refractivity contribution in [1.82, 2.24) is 10.2 Å². The molecule has 1 atom stereocenters. The molecule has 1 aliphatic carbocycles. The molecule has 1 heterocycles. The number of hydrogen-bond acceptors (Lipinski definition) is 2. The molecular formula is C12H24N2. The lowest BCUT2D eigenvalue weighted by atomic mass is 10.1. The summed E-state index contributed by atoms with van der Waals surface area (Å²) in [6, 6.07) is 0.837. The average molecular weight is 196 g/mol. The molecule has 0 aromatic carbocycles. The first-order chi connectivity index (χ1) is 6.84. The average Bonchev–Trinajstić information content (AvgIpc) is 2.82. The third kappa shape index (κ3) is 3.58. The normalized spacial score (nSPS) is 27.4. The van der Waals surface area contributed by atoms with E-state index in [4.69, 9.17) is 0 Å². The Balaban J connectivity index is 1.48. The van der Waals surface area contributed by atoms with Gasteiger partial charge in [0.25, 0.3) is 0 Å². The smallest absolute Gasteiger partial charge is 0.00680 e. The van der Waals surface area contributed by atoms with Crippen molar-refractivity contribution < 1.29 is 0 Å². The molecule has 0 spiro atoms. The summed E-state index contributed by atoms with van der Waals surface area (Å²) in [5.74, 6) is 1.05. The quantitative estimate of drug-likeness (QED) is 0.697. The van der Waals surface area contributed by atoms with E-state index in [9.17, 15) is 0 Å². The molecule has 0 aromatic heterocycles. The minimum Gasteiger partial charge on any atom is -0.314 e. The van der Waals surface area contributed by atoms with Crippen molar-refractivity contribution >= 4 is 0 Å². The van der Waals surface area contributed by atoms with Gasteiger partial charge in [-0.2, -0.15) is 0 Å². The Hall–Kier alpha value is -0.0800. The van der Waals surface area contributed by atoms with Crippen LogP contribution in [-0.2, 0) is 0 Å². The van der Waals surface area contributed by atoms with Crippen LogP contribution in [0.2, 0.25) is 0 Å². The van der Waals surface area contributed by atoms with Gasteiger partial charge in [-0.3, -0.25) is 0 Å². The van der Waals surface area contributed by atoms with E-state index in [1.165, 1.54) is 58.2 Å². The lowest BCUT2D eigenvalue weighted by molar-refractivity contribution is 0.307. The van der Waals surface area contributed by atoms with Crippen LogP contribution in [0.4, 0.5) is 0 Å². The van der Waals surface area contributed by atoms with Crippen molar-refractivity contribution in [2.75, 3.05) is 26.7 Å². The van der Waals surface area contributed by atoms with Gasteiger partial charge < -0.3 is 10.2 Å². The Morgan fingerprint density at radius 3 is 2.79 bits per heavy atom. The molecule has 0 amide bonds. The predicted octanol–water partition coefficient (Wildman–Crippen LogP) is 1.86. The van der Waals surface area contributed by atoms with Gasteiger partial charge in [0.05, 0.1) is 0 Å². The molecule has 0 radical (unpaired) electrons. The maximum Gasteiger partial charge on any atom is 0.00680 e. The van der Waals surface area contributed by atoms with E-state index in [0.29, 0.717) is 0 Å². The molecular weight excluding hydrogens is 172 g/mol. The van der Waals surface area contributed by atoms with Gasteiger partial charge >= 0.3 is 0 Å². The summed E-state index contributed by atoms with van der Waals surface area (Å²) in [7, 11) is 2.28. The molecule has 2 aliphatic rings. The first kappa shape index (κ1) is 10.4. The summed E-state index contributed by atoms with van der Waals surface area (Å²) < 4.78 is 0. The highest BCUT2D eigenvalue weighted by Crippen LogP contribution is 2.29. The van der Waals surface area contributed by atoms with E-state index in [2.05, 4.69) is 17.3 Å². The molecule has 2 heteroatoms. The predicted molar refractivity (Wildman–Crippen MR) is 60.5 cm³/mol. The van der Waals surface area contributed by atoms with Crippen molar-refractivity contribution in [2.24, 2.45) is 5.92 Å². The fourth-order valence-electron chi connectivity index (χ4n) is 2.44. The van der Waals surface area contributed by atoms with Gasteiger partial charge in [-0.25, -0.2) is 0 Å². The third-order valence-electron chi connectivity index (χ3n) is 3.52. The fraction of sp³-hybridized carbons (Fsp3) is 1.00. The van der Waals surface area contributed by atoms with Crippen molar-refractivity contribution in [2.45, 2.75) is 44.6 Å². The Bertz CT molecular complexity index is 160. The molecule has 0 bridgehead atoms. The summed E-state index contributed by atoms with van der Waals surface area (Å²) in [5.41, 5.74) is 0. The number of hydrogen-bond donors (Lipinski definition) is 1. The summed E-state index contributed by atoms with van der Waals surface area (Å²) in [6.07, 6.45) is 8.52. The standard InChI is InChI=1S/C12H24N2/c1-14(10-11-6-7-11)9-3-5-12-4-2-8-13-12/h11-13H,2-10H2,1H3. The Morgan fingerprint density at radius 1 is 1.29 bits per heavy atom. The molecule has 2 rings (SSSR count). The van der Waals surface area contributed by atoms with Gasteiger partial charge in [-0.1, -0.05) is 0 Å². The highest BCUT2D eigenvalue weighted by molar-refractivity contribution is 4.77. The second-order valence-electron chi connectivity index (χ2n) is 5.14. The largest absolute Gasteiger partial charge is 0.314 e. The van der Waals surface area contributed by atoms with E-state index >= 15 is 0 Å². The monoisotopic (exact) mass is 196 g/mol. The molecule has 14 heavy (non-hydrogen) atoms. The third-order valence-corrected chi connectivity index (χ3v) is 3.52. The van der Waals surface area contributed by atoms with Gasteiger partial charge in [0.1, 0.15) is 0 Å². The van der Waals surface area contributed by atoms with Crippen molar-refractivity contribution in [1.29, 1.82) is 0 Å². The SMILES string of the molecule is CN(CCCC1CCCN1)CC1CC1. The molecule has 1 saturated heterocycles. The first-order valence-electron chi connectivity index (χ1n) is 6.26. The minimum absolute atomic E-state index is 0.837. The molecule has 82 valence electrons. The van der Waals surface area contributed by atoms with E-state index in [1.807, 2.05) is 0 Å². The summed E-state index contributed by atoms with van der Waals surface area (Å²) in [4.78, 5) is 2.52. The van der Waals surface area contributed by atoms with Gasteiger partial charge in [0.15, 0.2) is 0 Å². The molecule has 1 saturated carbocycles. The van der Waals surface area contributed by atoms with Crippen LogP contribution in [0.3, 0.4) is 0 Å². The van der Waals surface area contributed by atoms with E-state index in [0.717, 1.165) is 12.0 Å². The maximum absolute atomic E-state index is 3.56. The van der Waals surface area contributed by atoms with Gasteiger partial charge in [-0.05, 0) is 64.6 Å². The van der Waals surface area contributed by atoms with Crippen LogP contribution in [0.1, 0.15) is 38.5 Å². The van der Waals surface area contributed by atoms with Crippen LogP contribution in [0.15, 0.2) is 0 Å².